The first kappa shape index (κ1) is 9.66. The van der Waals surface area contributed by atoms with Gasteiger partial charge in [0.05, 0.1) is 5.54 Å². The zero-order chi connectivity index (χ0) is 9.03. The molecule has 1 rings (SSSR count). The van der Waals surface area contributed by atoms with Crippen molar-refractivity contribution in [3.05, 3.63) is 24.3 Å². The van der Waals surface area contributed by atoms with Gasteiger partial charge >= 0.3 is 8.80 Å². The maximum absolute atomic E-state index is 5.31. The Bertz CT molecular complexity index is 176. The number of hydrogen-bond donors (Lipinski definition) is 0. The van der Waals surface area contributed by atoms with Gasteiger partial charge in [-0.15, -0.1) is 0 Å². The Morgan fingerprint density at radius 2 is 1.33 bits per heavy atom. The lowest BCUT2D eigenvalue weighted by atomic mass is 10.5. The van der Waals surface area contributed by atoms with Crippen molar-refractivity contribution in [1.29, 1.82) is 0 Å². The van der Waals surface area contributed by atoms with Crippen molar-refractivity contribution >= 4 is 8.80 Å². The van der Waals surface area contributed by atoms with Crippen LogP contribution in [0.4, 0.5) is 0 Å². The van der Waals surface area contributed by atoms with E-state index in [9.17, 15) is 0 Å². The topological polar surface area (TPSA) is 27.7 Å². The van der Waals surface area contributed by atoms with Crippen LogP contribution in [-0.4, -0.2) is 30.1 Å². The average molecular weight is 186 g/mol. The Morgan fingerprint density at radius 1 is 0.917 bits per heavy atom. The highest BCUT2D eigenvalue weighted by Crippen LogP contribution is 2.29. The van der Waals surface area contributed by atoms with Crippen LogP contribution in [0, 0.1) is 0 Å². The normalized spacial score (nSPS) is 17.6. The van der Waals surface area contributed by atoms with Crippen LogP contribution in [0.3, 0.4) is 0 Å². The van der Waals surface area contributed by atoms with E-state index >= 15 is 0 Å². The first-order valence-electron chi connectivity index (χ1n) is 3.79. The molecule has 3 nitrogen and oxygen atoms in total. The molecule has 0 aromatic carbocycles. The molecule has 0 radical (unpaired) electrons. The summed E-state index contributed by atoms with van der Waals surface area (Å²) >= 11 is 0. The summed E-state index contributed by atoms with van der Waals surface area (Å²) in [4.78, 5) is 0. The second-order valence-electron chi connectivity index (χ2n) is 2.51. The highest BCUT2D eigenvalue weighted by molar-refractivity contribution is 6.63. The molecule has 4 heteroatoms. The van der Waals surface area contributed by atoms with E-state index in [0.29, 0.717) is 0 Å². The molecule has 0 atom stereocenters. The van der Waals surface area contributed by atoms with Gasteiger partial charge in [0.2, 0.25) is 0 Å². The molecule has 0 spiro atoms. The van der Waals surface area contributed by atoms with Crippen LogP contribution in [0.2, 0.25) is 5.54 Å². The fourth-order valence-electron chi connectivity index (χ4n) is 1.33. The van der Waals surface area contributed by atoms with Crippen molar-refractivity contribution < 1.29 is 13.3 Å². The molecular weight excluding hydrogens is 172 g/mol. The number of allylic oxidation sites excluding steroid dienone is 4. The molecule has 0 amide bonds. The van der Waals surface area contributed by atoms with Gasteiger partial charge in [-0.1, -0.05) is 24.3 Å². The summed E-state index contributed by atoms with van der Waals surface area (Å²) < 4.78 is 15.9. The molecule has 0 aromatic heterocycles. The van der Waals surface area contributed by atoms with E-state index in [2.05, 4.69) is 0 Å². The minimum Gasteiger partial charge on any atom is -0.376 e. The van der Waals surface area contributed by atoms with Gasteiger partial charge < -0.3 is 13.3 Å². The van der Waals surface area contributed by atoms with Gasteiger partial charge in [-0.25, -0.2) is 0 Å². The fraction of sp³-hybridized carbons (Fsp3) is 0.500. The minimum atomic E-state index is -2.46. The van der Waals surface area contributed by atoms with Crippen molar-refractivity contribution in [2.75, 3.05) is 21.3 Å². The van der Waals surface area contributed by atoms with Gasteiger partial charge in [-0.05, 0) is 0 Å². The molecule has 1 aliphatic carbocycles. The minimum absolute atomic E-state index is 0.164. The lowest BCUT2D eigenvalue weighted by Gasteiger charge is -2.27. The summed E-state index contributed by atoms with van der Waals surface area (Å²) in [6, 6.07) is 0. The highest BCUT2D eigenvalue weighted by Gasteiger charge is 2.45. The smallest absolute Gasteiger partial charge is 0.376 e. The lowest BCUT2D eigenvalue weighted by molar-refractivity contribution is 0.121. The monoisotopic (exact) mass is 186 g/mol. The van der Waals surface area contributed by atoms with Gasteiger partial charge in [0.15, 0.2) is 0 Å². The lowest BCUT2D eigenvalue weighted by Crippen LogP contribution is -2.46. The maximum Gasteiger partial charge on any atom is 0.511 e. The van der Waals surface area contributed by atoms with Crippen LogP contribution in [0.15, 0.2) is 24.3 Å². The Morgan fingerprint density at radius 3 is 1.67 bits per heavy atom. The maximum atomic E-state index is 5.31. The molecule has 0 aliphatic heterocycles. The summed E-state index contributed by atoms with van der Waals surface area (Å²) in [5, 5.41) is 0. The number of hydrogen-bond acceptors (Lipinski definition) is 3. The summed E-state index contributed by atoms with van der Waals surface area (Å²) in [6.07, 6.45) is 8.01. The predicted octanol–water partition coefficient (Wildman–Crippen LogP) is 1.36. The molecule has 0 bridgehead atoms. The van der Waals surface area contributed by atoms with E-state index in [1.54, 1.807) is 21.3 Å². The summed E-state index contributed by atoms with van der Waals surface area (Å²) in [5.74, 6) is 0. The van der Waals surface area contributed by atoms with E-state index in [1.807, 2.05) is 24.3 Å². The SMILES string of the molecule is CO[Si](OC)(OC)C1C=CC=C1. The molecule has 1 aliphatic rings. The van der Waals surface area contributed by atoms with Crippen molar-refractivity contribution in [3.8, 4) is 0 Å². The zero-order valence-corrected chi connectivity index (χ0v) is 8.61. The van der Waals surface area contributed by atoms with Crippen LogP contribution < -0.4 is 0 Å². The Balaban J connectivity index is 2.76. The van der Waals surface area contributed by atoms with Crippen LogP contribution in [-0.2, 0) is 13.3 Å². The molecule has 0 unspecified atom stereocenters. The molecular formula is C8H14O3Si. The Labute approximate surface area is 74.0 Å². The van der Waals surface area contributed by atoms with E-state index in [-0.39, 0.29) is 5.54 Å². The predicted molar refractivity (Wildman–Crippen MR) is 48.8 cm³/mol. The first-order valence-corrected chi connectivity index (χ1v) is 5.59. The van der Waals surface area contributed by atoms with E-state index in [4.69, 9.17) is 13.3 Å². The molecule has 0 fully saturated rings. The zero-order valence-electron chi connectivity index (χ0n) is 7.61. The molecule has 0 heterocycles. The van der Waals surface area contributed by atoms with Gasteiger partial charge in [0, 0.05) is 21.3 Å². The van der Waals surface area contributed by atoms with Gasteiger partial charge in [0.1, 0.15) is 0 Å². The van der Waals surface area contributed by atoms with Crippen LogP contribution in [0.25, 0.3) is 0 Å². The van der Waals surface area contributed by atoms with Gasteiger partial charge in [-0.2, -0.15) is 0 Å². The van der Waals surface area contributed by atoms with Crippen LogP contribution >= 0.6 is 0 Å². The third-order valence-corrected chi connectivity index (χ3v) is 4.92. The standard InChI is InChI=1S/C8H14O3Si/c1-9-12(10-2,11-3)8-6-4-5-7-8/h4-8H,1-3H3. The molecule has 0 saturated heterocycles. The van der Waals surface area contributed by atoms with Gasteiger partial charge in [-0.3, -0.25) is 0 Å². The van der Waals surface area contributed by atoms with Crippen LogP contribution in [0.5, 0.6) is 0 Å². The van der Waals surface area contributed by atoms with Crippen LogP contribution in [0.1, 0.15) is 0 Å². The Kier molecular flexibility index (Phi) is 3.22. The average Bonchev–Trinajstić information content (AvgIpc) is 2.62. The molecule has 68 valence electrons. The fourth-order valence-corrected chi connectivity index (χ4v) is 3.34. The van der Waals surface area contributed by atoms with E-state index in [0.717, 1.165) is 0 Å². The second-order valence-corrected chi connectivity index (χ2v) is 5.61. The quantitative estimate of drug-likeness (QED) is 0.620. The van der Waals surface area contributed by atoms with E-state index < -0.39 is 8.80 Å². The van der Waals surface area contributed by atoms with Gasteiger partial charge in [0.25, 0.3) is 0 Å². The van der Waals surface area contributed by atoms with Crippen molar-refractivity contribution in [1.82, 2.24) is 0 Å². The Hall–Kier alpha value is -0.423. The summed E-state index contributed by atoms with van der Waals surface area (Å²) in [6.45, 7) is 0. The third-order valence-electron chi connectivity index (χ3n) is 2.01. The number of rotatable bonds is 4. The van der Waals surface area contributed by atoms with Crippen molar-refractivity contribution in [3.63, 3.8) is 0 Å². The summed E-state index contributed by atoms with van der Waals surface area (Å²) in [7, 11) is 2.41. The van der Waals surface area contributed by atoms with Crippen molar-refractivity contribution in [2.24, 2.45) is 0 Å². The van der Waals surface area contributed by atoms with Crippen molar-refractivity contribution in [2.45, 2.75) is 5.54 Å². The molecule has 0 N–H and O–H groups in total. The first-order chi connectivity index (χ1) is 5.79. The summed E-state index contributed by atoms with van der Waals surface area (Å²) in [5.41, 5.74) is 0.164. The molecule has 12 heavy (non-hydrogen) atoms. The molecule has 0 saturated carbocycles. The molecule has 0 aromatic rings. The largest absolute Gasteiger partial charge is 0.511 e. The highest BCUT2D eigenvalue weighted by atomic mass is 28.4. The second kappa shape index (κ2) is 4.00. The third kappa shape index (κ3) is 1.51. The van der Waals surface area contributed by atoms with E-state index in [1.165, 1.54) is 0 Å².